The fourth-order valence-electron chi connectivity index (χ4n) is 4.45. The van der Waals surface area contributed by atoms with Crippen LogP contribution in [0.4, 0.5) is 5.69 Å². The zero-order valence-electron chi connectivity index (χ0n) is 19.4. The highest BCUT2D eigenvalue weighted by Crippen LogP contribution is 2.27. The van der Waals surface area contributed by atoms with E-state index in [9.17, 15) is 9.59 Å². The molecular weight excluding hydrogens is 462 g/mol. The maximum absolute atomic E-state index is 13.5. The SMILES string of the molecule is Cc1ccc(NC(=O)C2CCN(C(=O)c3cnn(-c4ccccc4)c3-n3cccc3)CC2)c(Cl)c1. The molecule has 0 bridgehead atoms. The Morgan fingerprint density at radius 2 is 1.71 bits per heavy atom. The van der Waals surface area contributed by atoms with Gasteiger partial charge in [0, 0.05) is 31.4 Å². The van der Waals surface area contributed by atoms with Crippen LogP contribution in [0.25, 0.3) is 11.5 Å². The summed E-state index contributed by atoms with van der Waals surface area (Å²) in [6.45, 7) is 2.95. The molecule has 2 aromatic heterocycles. The second-order valence-corrected chi connectivity index (χ2v) is 9.17. The van der Waals surface area contributed by atoms with Gasteiger partial charge in [-0.25, -0.2) is 4.68 Å². The van der Waals surface area contributed by atoms with Gasteiger partial charge in [-0.15, -0.1) is 0 Å². The van der Waals surface area contributed by atoms with Crippen LogP contribution in [0.5, 0.6) is 0 Å². The van der Waals surface area contributed by atoms with Gasteiger partial charge in [-0.2, -0.15) is 5.10 Å². The van der Waals surface area contributed by atoms with Gasteiger partial charge < -0.3 is 14.8 Å². The first-order valence-electron chi connectivity index (χ1n) is 11.6. The number of piperidine rings is 1. The molecule has 1 aliphatic heterocycles. The molecule has 4 aromatic rings. The number of likely N-dealkylation sites (tertiary alicyclic amines) is 1. The molecule has 1 N–H and O–H groups in total. The van der Waals surface area contributed by atoms with Crippen LogP contribution in [0.1, 0.15) is 28.8 Å². The number of hydrogen-bond donors (Lipinski definition) is 1. The lowest BCUT2D eigenvalue weighted by atomic mass is 9.95. The van der Waals surface area contributed by atoms with Gasteiger partial charge in [0.1, 0.15) is 5.56 Å². The normalized spacial score (nSPS) is 14.2. The summed E-state index contributed by atoms with van der Waals surface area (Å²) in [5.74, 6) is 0.372. The molecule has 2 aromatic carbocycles. The van der Waals surface area contributed by atoms with Crippen molar-refractivity contribution in [1.82, 2.24) is 19.2 Å². The molecule has 8 heteroatoms. The Morgan fingerprint density at radius 1 is 1.00 bits per heavy atom. The number of hydrogen-bond acceptors (Lipinski definition) is 3. The van der Waals surface area contributed by atoms with E-state index in [4.69, 9.17) is 11.6 Å². The number of nitrogens with one attached hydrogen (secondary N) is 1. The van der Waals surface area contributed by atoms with Crippen molar-refractivity contribution >= 4 is 29.1 Å². The van der Waals surface area contributed by atoms with Crippen molar-refractivity contribution in [2.24, 2.45) is 5.92 Å². The molecule has 5 rings (SSSR count). The first kappa shape index (κ1) is 22.9. The molecule has 0 radical (unpaired) electrons. The van der Waals surface area contributed by atoms with Gasteiger partial charge in [-0.3, -0.25) is 9.59 Å². The molecule has 0 unspecified atom stereocenters. The first-order chi connectivity index (χ1) is 17.0. The van der Waals surface area contributed by atoms with Crippen LogP contribution in [0.3, 0.4) is 0 Å². The number of carbonyl (C=O) groups is 2. The number of benzene rings is 2. The fraction of sp³-hybridized carbons (Fsp3) is 0.222. The van der Waals surface area contributed by atoms with Crippen LogP contribution in [0.2, 0.25) is 5.02 Å². The molecule has 2 amide bonds. The fourth-order valence-corrected chi connectivity index (χ4v) is 4.73. The number of para-hydroxylation sites is 1. The smallest absolute Gasteiger partial charge is 0.259 e. The van der Waals surface area contributed by atoms with Gasteiger partial charge >= 0.3 is 0 Å². The van der Waals surface area contributed by atoms with E-state index in [1.54, 1.807) is 10.9 Å². The second-order valence-electron chi connectivity index (χ2n) is 8.76. The average molecular weight is 488 g/mol. The lowest BCUT2D eigenvalue weighted by Gasteiger charge is -2.31. The minimum Gasteiger partial charge on any atom is -0.338 e. The molecule has 178 valence electrons. The van der Waals surface area contributed by atoms with Gasteiger partial charge in [0.2, 0.25) is 5.91 Å². The first-order valence-corrected chi connectivity index (χ1v) is 12.0. The van der Waals surface area contributed by atoms with Crippen LogP contribution in [-0.2, 0) is 4.79 Å². The summed E-state index contributed by atoms with van der Waals surface area (Å²) in [7, 11) is 0. The van der Waals surface area contributed by atoms with Crippen molar-refractivity contribution in [3.63, 3.8) is 0 Å². The highest BCUT2D eigenvalue weighted by Gasteiger charge is 2.30. The van der Waals surface area contributed by atoms with E-state index >= 15 is 0 Å². The van der Waals surface area contributed by atoms with E-state index in [1.807, 2.05) is 89.4 Å². The zero-order valence-corrected chi connectivity index (χ0v) is 20.2. The Kier molecular flexibility index (Phi) is 6.42. The third-order valence-electron chi connectivity index (χ3n) is 6.36. The summed E-state index contributed by atoms with van der Waals surface area (Å²) < 4.78 is 3.68. The summed E-state index contributed by atoms with van der Waals surface area (Å²) in [6, 6.07) is 19.1. The number of halogens is 1. The predicted molar refractivity (Wildman–Crippen MR) is 136 cm³/mol. The van der Waals surface area contributed by atoms with E-state index < -0.39 is 0 Å². The number of carbonyl (C=O) groups excluding carboxylic acids is 2. The lowest BCUT2D eigenvalue weighted by Crippen LogP contribution is -2.41. The van der Waals surface area contributed by atoms with Crippen LogP contribution in [-0.4, -0.2) is 44.2 Å². The molecule has 0 aliphatic carbocycles. The van der Waals surface area contributed by atoms with Crippen molar-refractivity contribution in [2.45, 2.75) is 19.8 Å². The average Bonchev–Trinajstić information content (AvgIpc) is 3.56. The molecule has 7 nitrogen and oxygen atoms in total. The van der Waals surface area contributed by atoms with Crippen molar-refractivity contribution in [1.29, 1.82) is 0 Å². The van der Waals surface area contributed by atoms with Crippen molar-refractivity contribution in [3.8, 4) is 11.5 Å². The van der Waals surface area contributed by atoms with E-state index in [-0.39, 0.29) is 17.7 Å². The monoisotopic (exact) mass is 487 g/mol. The lowest BCUT2D eigenvalue weighted by molar-refractivity contribution is -0.121. The summed E-state index contributed by atoms with van der Waals surface area (Å²) in [5, 5.41) is 8.00. The highest BCUT2D eigenvalue weighted by molar-refractivity contribution is 6.33. The largest absolute Gasteiger partial charge is 0.338 e. The predicted octanol–water partition coefficient (Wildman–Crippen LogP) is 5.12. The van der Waals surface area contributed by atoms with Gasteiger partial charge in [0.05, 0.1) is 22.6 Å². The van der Waals surface area contributed by atoms with Crippen LogP contribution in [0.15, 0.2) is 79.3 Å². The second kappa shape index (κ2) is 9.80. The van der Waals surface area contributed by atoms with Crippen LogP contribution < -0.4 is 5.32 Å². The third-order valence-corrected chi connectivity index (χ3v) is 6.67. The minimum absolute atomic E-state index is 0.0622. The molecule has 0 atom stereocenters. The number of aromatic nitrogens is 3. The zero-order chi connectivity index (χ0) is 24.4. The van der Waals surface area contributed by atoms with E-state index in [0.29, 0.717) is 48.0 Å². The van der Waals surface area contributed by atoms with Gasteiger partial charge in [-0.05, 0) is 61.7 Å². The number of nitrogens with zero attached hydrogens (tertiary/aromatic N) is 4. The molecule has 1 aliphatic rings. The summed E-state index contributed by atoms with van der Waals surface area (Å²) in [5.41, 5.74) is 3.06. The maximum atomic E-state index is 13.5. The Balaban J connectivity index is 1.31. The van der Waals surface area contributed by atoms with Gasteiger partial charge in [-0.1, -0.05) is 35.9 Å². The summed E-state index contributed by atoms with van der Waals surface area (Å²) in [4.78, 5) is 28.2. The Bertz CT molecular complexity index is 1340. The van der Waals surface area contributed by atoms with Crippen molar-refractivity contribution in [3.05, 3.63) is 95.4 Å². The van der Waals surface area contributed by atoms with E-state index in [2.05, 4.69) is 10.4 Å². The Labute approximate surface area is 208 Å². The molecular formula is C27H26ClN5O2. The minimum atomic E-state index is -0.174. The quantitative estimate of drug-likeness (QED) is 0.425. The summed E-state index contributed by atoms with van der Waals surface area (Å²) >= 11 is 6.27. The molecule has 0 saturated carbocycles. The molecule has 0 spiro atoms. The highest BCUT2D eigenvalue weighted by atomic mass is 35.5. The van der Waals surface area contributed by atoms with E-state index in [0.717, 1.165) is 11.3 Å². The molecule has 3 heterocycles. The van der Waals surface area contributed by atoms with Crippen LogP contribution >= 0.6 is 11.6 Å². The standard InChI is InChI=1S/C27H26ClN5O2/c1-19-9-10-24(23(28)17-19)30-25(34)20-11-15-32(16-12-20)27(35)22-18-29-33(21-7-3-2-4-8-21)26(22)31-13-5-6-14-31/h2-10,13-14,17-18,20H,11-12,15-16H2,1H3,(H,30,34). The number of aryl methyl sites for hydroxylation is 1. The van der Waals surface area contributed by atoms with Crippen molar-refractivity contribution in [2.75, 3.05) is 18.4 Å². The van der Waals surface area contributed by atoms with Crippen molar-refractivity contribution < 1.29 is 9.59 Å². The van der Waals surface area contributed by atoms with Gasteiger partial charge in [0.25, 0.3) is 5.91 Å². The molecule has 35 heavy (non-hydrogen) atoms. The van der Waals surface area contributed by atoms with E-state index in [1.165, 1.54) is 0 Å². The molecule has 1 fully saturated rings. The van der Waals surface area contributed by atoms with Crippen LogP contribution in [0, 0.1) is 12.8 Å². The number of amides is 2. The summed E-state index contributed by atoms with van der Waals surface area (Å²) in [6.07, 6.45) is 6.61. The van der Waals surface area contributed by atoms with Gasteiger partial charge in [0.15, 0.2) is 5.82 Å². The third kappa shape index (κ3) is 4.72. The Morgan fingerprint density at radius 3 is 2.40 bits per heavy atom. The molecule has 1 saturated heterocycles. The topological polar surface area (TPSA) is 72.2 Å². The number of anilines is 1. The maximum Gasteiger partial charge on any atom is 0.259 e. The number of rotatable bonds is 5. The Hall–Kier alpha value is -3.84.